The number of nitrogens with one attached hydrogen (secondary N) is 1. The minimum absolute atomic E-state index is 0.182. The summed E-state index contributed by atoms with van der Waals surface area (Å²) in [4.78, 5) is 16.9. The minimum atomic E-state index is 0.182. The average Bonchev–Trinajstić information content (AvgIpc) is 2.39. The van der Waals surface area contributed by atoms with Crippen LogP contribution in [0.15, 0.2) is 0 Å². The van der Waals surface area contributed by atoms with Gasteiger partial charge in [-0.2, -0.15) is 0 Å². The molecule has 0 radical (unpaired) electrons. The van der Waals surface area contributed by atoms with E-state index < -0.39 is 0 Å². The Morgan fingerprint density at radius 2 is 2.28 bits per heavy atom. The van der Waals surface area contributed by atoms with Crippen molar-refractivity contribution in [1.29, 1.82) is 0 Å². The maximum atomic E-state index is 12.6. The van der Waals surface area contributed by atoms with Crippen LogP contribution >= 0.6 is 0 Å². The van der Waals surface area contributed by atoms with Gasteiger partial charge in [-0.15, -0.1) is 0 Å². The summed E-state index contributed by atoms with van der Waals surface area (Å²) in [5.41, 5.74) is 0. The van der Waals surface area contributed by atoms with Crippen LogP contribution < -0.4 is 5.32 Å². The maximum Gasteiger partial charge on any atom is 0.227 e. The first-order valence-electron chi connectivity index (χ1n) is 6.93. The molecule has 18 heavy (non-hydrogen) atoms. The fourth-order valence-electron chi connectivity index (χ4n) is 2.95. The zero-order valence-corrected chi connectivity index (χ0v) is 11.5. The monoisotopic (exact) mass is 255 g/mol. The molecular formula is C13H25N3O2. The summed E-state index contributed by atoms with van der Waals surface area (Å²) in [5, 5.41) is 3.15. The van der Waals surface area contributed by atoms with Crippen LogP contribution in [-0.4, -0.2) is 75.2 Å². The second-order valence-electron chi connectivity index (χ2n) is 5.42. The summed E-state index contributed by atoms with van der Waals surface area (Å²) in [6.45, 7) is 4.92. The van der Waals surface area contributed by atoms with Gasteiger partial charge >= 0.3 is 0 Å². The highest BCUT2D eigenvalue weighted by atomic mass is 16.5. The highest BCUT2D eigenvalue weighted by Gasteiger charge is 2.33. The largest absolute Gasteiger partial charge is 0.377 e. The van der Waals surface area contributed by atoms with Crippen LogP contribution in [0.1, 0.15) is 12.8 Å². The molecule has 5 heteroatoms. The molecule has 1 N–H and O–H groups in total. The van der Waals surface area contributed by atoms with Crippen molar-refractivity contribution in [3.63, 3.8) is 0 Å². The number of hydrogen-bond acceptors (Lipinski definition) is 4. The van der Waals surface area contributed by atoms with Crippen molar-refractivity contribution in [2.45, 2.75) is 18.9 Å². The lowest BCUT2D eigenvalue weighted by Gasteiger charge is -2.39. The number of amides is 1. The zero-order chi connectivity index (χ0) is 13.0. The van der Waals surface area contributed by atoms with Crippen molar-refractivity contribution in [3.05, 3.63) is 0 Å². The molecule has 104 valence electrons. The van der Waals surface area contributed by atoms with Crippen molar-refractivity contribution < 1.29 is 9.53 Å². The number of rotatable bonds is 3. The number of carbonyl (C=O) groups is 1. The van der Waals surface area contributed by atoms with Gasteiger partial charge in [-0.1, -0.05) is 0 Å². The third kappa shape index (κ3) is 3.22. The van der Waals surface area contributed by atoms with Crippen LogP contribution in [-0.2, 0) is 9.53 Å². The van der Waals surface area contributed by atoms with Gasteiger partial charge in [0, 0.05) is 19.6 Å². The fourth-order valence-corrected chi connectivity index (χ4v) is 2.95. The number of piperidine rings is 1. The van der Waals surface area contributed by atoms with E-state index in [-0.39, 0.29) is 12.0 Å². The van der Waals surface area contributed by atoms with E-state index >= 15 is 0 Å². The van der Waals surface area contributed by atoms with Gasteiger partial charge in [-0.05, 0) is 33.5 Å². The summed E-state index contributed by atoms with van der Waals surface area (Å²) >= 11 is 0. The van der Waals surface area contributed by atoms with Gasteiger partial charge in [-0.25, -0.2) is 0 Å². The second kappa shape index (κ2) is 6.50. The van der Waals surface area contributed by atoms with Crippen LogP contribution in [0, 0.1) is 5.92 Å². The Balaban J connectivity index is 1.96. The molecule has 0 saturated carbocycles. The van der Waals surface area contributed by atoms with Crippen LogP contribution in [0.5, 0.6) is 0 Å². The first-order chi connectivity index (χ1) is 8.72. The molecule has 2 atom stereocenters. The SMILES string of the molecule is CNCC1COCCN1C(=O)C1CCCN(C)C1. The van der Waals surface area contributed by atoms with E-state index in [9.17, 15) is 4.79 Å². The third-order valence-electron chi connectivity index (χ3n) is 3.92. The molecule has 0 aliphatic carbocycles. The number of likely N-dealkylation sites (tertiary alicyclic amines) is 1. The summed E-state index contributed by atoms with van der Waals surface area (Å²) in [6, 6.07) is 0.198. The Morgan fingerprint density at radius 3 is 3.00 bits per heavy atom. The first kappa shape index (κ1) is 13.8. The van der Waals surface area contributed by atoms with Gasteiger partial charge in [0.25, 0.3) is 0 Å². The van der Waals surface area contributed by atoms with E-state index in [0.717, 1.165) is 39.0 Å². The number of hydrogen-bond donors (Lipinski definition) is 1. The molecular weight excluding hydrogens is 230 g/mol. The van der Waals surface area contributed by atoms with Gasteiger partial charge in [0.1, 0.15) is 0 Å². The lowest BCUT2D eigenvalue weighted by Crippen LogP contribution is -2.55. The van der Waals surface area contributed by atoms with E-state index in [1.54, 1.807) is 0 Å². The van der Waals surface area contributed by atoms with Gasteiger partial charge in [-0.3, -0.25) is 4.79 Å². The summed E-state index contributed by atoms with van der Waals surface area (Å²) in [7, 11) is 4.02. The molecule has 2 saturated heterocycles. The molecule has 2 fully saturated rings. The van der Waals surface area contributed by atoms with E-state index in [2.05, 4.69) is 17.3 Å². The minimum Gasteiger partial charge on any atom is -0.377 e. The number of ether oxygens (including phenoxy) is 1. The Labute approximate surface area is 109 Å². The quantitative estimate of drug-likeness (QED) is 0.757. The zero-order valence-electron chi connectivity index (χ0n) is 11.5. The standard InChI is InChI=1S/C13H25N3O2/c1-14-8-12-10-18-7-6-16(12)13(17)11-4-3-5-15(2)9-11/h11-12,14H,3-10H2,1-2H3. The molecule has 5 nitrogen and oxygen atoms in total. The molecule has 0 aromatic heterocycles. The number of morpholine rings is 1. The number of carbonyl (C=O) groups excluding carboxylic acids is 1. The Hall–Kier alpha value is -0.650. The molecule has 0 aromatic carbocycles. The summed E-state index contributed by atoms with van der Waals surface area (Å²) in [6.07, 6.45) is 2.17. The molecule has 2 aliphatic heterocycles. The van der Waals surface area contributed by atoms with Gasteiger partial charge < -0.3 is 19.9 Å². The predicted octanol–water partition coefficient (Wildman–Crippen LogP) is -0.225. The van der Waals surface area contributed by atoms with Crippen molar-refractivity contribution in [2.24, 2.45) is 5.92 Å². The van der Waals surface area contributed by atoms with E-state index in [1.165, 1.54) is 0 Å². The van der Waals surface area contributed by atoms with Crippen LogP contribution in [0.25, 0.3) is 0 Å². The predicted molar refractivity (Wildman–Crippen MR) is 70.5 cm³/mol. The average molecular weight is 255 g/mol. The number of likely N-dealkylation sites (N-methyl/N-ethyl adjacent to an activating group) is 1. The lowest BCUT2D eigenvalue weighted by molar-refractivity contribution is -0.145. The Morgan fingerprint density at radius 1 is 1.44 bits per heavy atom. The van der Waals surface area contributed by atoms with Gasteiger partial charge in [0.05, 0.1) is 25.2 Å². The molecule has 2 heterocycles. The molecule has 1 amide bonds. The van der Waals surface area contributed by atoms with E-state index in [0.29, 0.717) is 19.1 Å². The highest BCUT2D eigenvalue weighted by Crippen LogP contribution is 2.20. The van der Waals surface area contributed by atoms with Crippen molar-refractivity contribution in [2.75, 3.05) is 53.5 Å². The highest BCUT2D eigenvalue weighted by molar-refractivity contribution is 5.79. The molecule has 0 spiro atoms. The Bertz CT molecular complexity index is 283. The lowest BCUT2D eigenvalue weighted by atomic mass is 9.96. The molecule has 0 aromatic rings. The van der Waals surface area contributed by atoms with Crippen LogP contribution in [0.2, 0.25) is 0 Å². The smallest absolute Gasteiger partial charge is 0.227 e. The summed E-state index contributed by atoms with van der Waals surface area (Å²) in [5.74, 6) is 0.506. The topological polar surface area (TPSA) is 44.8 Å². The summed E-state index contributed by atoms with van der Waals surface area (Å²) < 4.78 is 5.48. The molecule has 2 rings (SSSR count). The molecule has 2 aliphatic rings. The van der Waals surface area contributed by atoms with Crippen LogP contribution in [0.3, 0.4) is 0 Å². The van der Waals surface area contributed by atoms with Crippen molar-refractivity contribution in [3.8, 4) is 0 Å². The van der Waals surface area contributed by atoms with Crippen molar-refractivity contribution >= 4 is 5.91 Å². The molecule has 2 unspecified atom stereocenters. The second-order valence-corrected chi connectivity index (χ2v) is 5.42. The van der Waals surface area contributed by atoms with E-state index in [4.69, 9.17) is 4.74 Å². The van der Waals surface area contributed by atoms with Gasteiger partial charge in [0.2, 0.25) is 5.91 Å². The fraction of sp³-hybridized carbons (Fsp3) is 0.923. The van der Waals surface area contributed by atoms with Gasteiger partial charge in [0.15, 0.2) is 0 Å². The first-order valence-corrected chi connectivity index (χ1v) is 6.93. The maximum absolute atomic E-state index is 12.6. The normalized spacial score (nSPS) is 30.4. The van der Waals surface area contributed by atoms with Crippen molar-refractivity contribution in [1.82, 2.24) is 15.1 Å². The Kier molecular flexibility index (Phi) is 4.97. The van der Waals surface area contributed by atoms with Crippen LogP contribution in [0.4, 0.5) is 0 Å². The number of nitrogens with zero attached hydrogens (tertiary/aromatic N) is 2. The molecule has 0 bridgehead atoms. The van der Waals surface area contributed by atoms with E-state index in [1.807, 2.05) is 11.9 Å². The third-order valence-corrected chi connectivity index (χ3v) is 3.92.